The van der Waals surface area contributed by atoms with Gasteiger partial charge in [0.05, 0.1) is 23.1 Å². The van der Waals surface area contributed by atoms with Crippen molar-refractivity contribution in [1.29, 1.82) is 0 Å². The van der Waals surface area contributed by atoms with Gasteiger partial charge in [-0.25, -0.2) is 0 Å². The van der Waals surface area contributed by atoms with Crippen molar-refractivity contribution in [3.05, 3.63) is 89.2 Å². The molecule has 2 N–H and O–H groups in total. The van der Waals surface area contributed by atoms with Gasteiger partial charge in [-0.2, -0.15) is 0 Å². The number of nitrogens with zero attached hydrogens (tertiary/aromatic N) is 2. The Kier molecular flexibility index (Phi) is 6.84. The molecule has 0 radical (unpaired) electrons. The van der Waals surface area contributed by atoms with Gasteiger partial charge in [-0.3, -0.25) is 24.3 Å². The molecule has 2 atom stereocenters. The average molecular weight is 459 g/mol. The summed E-state index contributed by atoms with van der Waals surface area (Å²) in [6, 6.07) is 18.4. The lowest BCUT2D eigenvalue weighted by molar-refractivity contribution is -0.146. The van der Waals surface area contributed by atoms with Crippen LogP contribution in [0.2, 0.25) is 0 Å². The van der Waals surface area contributed by atoms with Gasteiger partial charge in [0, 0.05) is 24.0 Å². The third-order valence-electron chi connectivity index (χ3n) is 6.25. The van der Waals surface area contributed by atoms with Crippen molar-refractivity contribution in [2.24, 2.45) is 5.92 Å². The standard InChI is InChI=1S/C27H26N2O5/c1-17-6-10-20(16-28-17)19-11-7-18(8-12-19)9-13-24(30)23(27(33)34)14-15-29-25(31)21-4-2-3-5-22(21)26(29)32/h2-8,10-12,16,23-24,30H,9,13-15H2,1H3,(H,33,34)/t23-,24-/m1/s1. The van der Waals surface area contributed by atoms with Crippen molar-refractivity contribution in [1.82, 2.24) is 9.88 Å². The van der Waals surface area contributed by atoms with E-state index in [4.69, 9.17) is 0 Å². The number of aryl methyl sites for hydroxylation is 2. The number of aliphatic hydroxyl groups excluding tert-OH is 1. The Balaban J connectivity index is 1.34. The summed E-state index contributed by atoms with van der Waals surface area (Å²) in [7, 11) is 0. The Morgan fingerprint density at radius 2 is 1.53 bits per heavy atom. The minimum atomic E-state index is -1.15. The number of hydrogen-bond acceptors (Lipinski definition) is 5. The number of hydrogen-bond donors (Lipinski definition) is 2. The van der Waals surface area contributed by atoms with Crippen LogP contribution in [0.5, 0.6) is 0 Å². The molecule has 0 saturated heterocycles. The minimum Gasteiger partial charge on any atom is -0.481 e. The SMILES string of the molecule is Cc1ccc(-c2ccc(CC[C@@H](O)[C@@H](CCN3C(=O)c4ccccc4C3=O)C(=O)O)cc2)cn1. The number of rotatable bonds is 9. The summed E-state index contributed by atoms with van der Waals surface area (Å²) in [5, 5.41) is 20.2. The molecule has 4 rings (SSSR count). The van der Waals surface area contributed by atoms with Gasteiger partial charge in [-0.15, -0.1) is 0 Å². The van der Waals surface area contributed by atoms with Crippen molar-refractivity contribution in [2.75, 3.05) is 6.54 Å². The molecule has 2 heterocycles. The Morgan fingerprint density at radius 1 is 0.912 bits per heavy atom. The largest absolute Gasteiger partial charge is 0.481 e. The molecule has 34 heavy (non-hydrogen) atoms. The fraction of sp³-hybridized carbons (Fsp3) is 0.259. The topological polar surface area (TPSA) is 108 Å². The molecular formula is C27H26N2O5. The van der Waals surface area contributed by atoms with E-state index in [-0.39, 0.29) is 19.4 Å². The number of carbonyl (C=O) groups is 3. The zero-order chi connectivity index (χ0) is 24.2. The van der Waals surface area contributed by atoms with Crippen LogP contribution >= 0.6 is 0 Å². The molecule has 1 aliphatic rings. The van der Waals surface area contributed by atoms with Gasteiger partial charge in [0.15, 0.2) is 0 Å². The van der Waals surface area contributed by atoms with E-state index in [2.05, 4.69) is 4.98 Å². The summed E-state index contributed by atoms with van der Waals surface area (Å²) in [5.41, 5.74) is 4.62. The van der Waals surface area contributed by atoms with Crippen LogP contribution in [0.4, 0.5) is 0 Å². The number of carbonyl (C=O) groups excluding carboxylic acids is 2. The fourth-order valence-electron chi connectivity index (χ4n) is 4.21. The van der Waals surface area contributed by atoms with Crippen LogP contribution in [0.15, 0.2) is 66.9 Å². The first-order valence-corrected chi connectivity index (χ1v) is 11.2. The van der Waals surface area contributed by atoms with Crippen molar-refractivity contribution in [3.63, 3.8) is 0 Å². The first kappa shape index (κ1) is 23.3. The predicted octanol–water partition coefficient (Wildman–Crippen LogP) is 3.74. The maximum Gasteiger partial charge on any atom is 0.309 e. The molecule has 0 aliphatic carbocycles. The number of benzene rings is 2. The Morgan fingerprint density at radius 3 is 2.09 bits per heavy atom. The maximum absolute atomic E-state index is 12.5. The van der Waals surface area contributed by atoms with Crippen LogP contribution in [0.25, 0.3) is 11.1 Å². The summed E-state index contributed by atoms with van der Waals surface area (Å²) in [6.45, 7) is 1.88. The van der Waals surface area contributed by atoms with E-state index in [1.807, 2.05) is 49.5 Å². The maximum atomic E-state index is 12.5. The summed E-state index contributed by atoms with van der Waals surface area (Å²) in [6.07, 6.45) is 1.46. The van der Waals surface area contributed by atoms with E-state index < -0.39 is 29.8 Å². The highest BCUT2D eigenvalue weighted by Crippen LogP contribution is 2.25. The number of carboxylic acid groups (broad SMARTS) is 1. The van der Waals surface area contributed by atoms with Crippen LogP contribution in [-0.4, -0.2) is 50.5 Å². The van der Waals surface area contributed by atoms with E-state index in [1.54, 1.807) is 24.3 Å². The number of carboxylic acids is 1. The molecule has 0 spiro atoms. The Labute approximate surface area is 197 Å². The second-order valence-electron chi connectivity index (χ2n) is 8.53. The highest BCUT2D eigenvalue weighted by Gasteiger charge is 2.36. The molecule has 174 valence electrons. The summed E-state index contributed by atoms with van der Waals surface area (Å²) in [5.74, 6) is -3.08. The quantitative estimate of drug-likeness (QED) is 0.473. The smallest absolute Gasteiger partial charge is 0.309 e. The first-order valence-electron chi connectivity index (χ1n) is 11.2. The molecule has 0 bridgehead atoms. The van der Waals surface area contributed by atoms with Crippen LogP contribution in [-0.2, 0) is 11.2 Å². The van der Waals surface area contributed by atoms with E-state index in [0.717, 1.165) is 27.3 Å². The number of pyridine rings is 1. The number of amides is 2. The second-order valence-corrected chi connectivity index (χ2v) is 8.53. The molecule has 0 unspecified atom stereocenters. The van der Waals surface area contributed by atoms with Crippen molar-refractivity contribution < 1.29 is 24.6 Å². The van der Waals surface area contributed by atoms with E-state index >= 15 is 0 Å². The van der Waals surface area contributed by atoms with Gasteiger partial charge in [0.2, 0.25) is 0 Å². The number of imide groups is 1. The molecule has 0 fully saturated rings. The molecule has 7 nitrogen and oxygen atoms in total. The van der Waals surface area contributed by atoms with Gasteiger partial charge in [0.25, 0.3) is 11.8 Å². The summed E-state index contributed by atoms with van der Waals surface area (Å²) in [4.78, 5) is 42.2. The van der Waals surface area contributed by atoms with Gasteiger partial charge in [0.1, 0.15) is 0 Å². The van der Waals surface area contributed by atoms with Crippen LogP contribution < -0.4 is 0 Å². The van der Waals surface area contributed by atoms with Gasteiger partial charge in [-0.05, 0) is 55.5 Å². The van der Waals surface area contributed by atoms with Crippen molar-refractivity contribution in [2.45, 2.75) is 32.3 Å². The second kappa shape index (κ2) is 9.97. The molecule has 2 amide bonds. The number of aliphatic hydroxyl groups is 1. The number of aliphatic carboxylic acids is 1. The Hall–Kier alpha value is -3.84. The van der Waals surface area contributed by atoms with Gasteiger partial charge < -0.3 is 10.2 Å². The van der Waals surface area contributed by atoms with Crippen molar-refractivity contribution >= 4 is 17.8 Å². The van der Waals surface area contributed by atoms with Crippen molar-refractivity contribution in [3.8, 4) is 11.1 Å². The molecule has 7 heteroatoms. The average Bonchev–Trinajstić information content (AvgIpc) is 3.08. The number of aromatic nitrogens is 1. The van der Waals surface area contributed by atoms with Crippen LogP contribution in [0.1, 0.15) is 44.8 Å². The molecule has 1 aliphatic heterocycles. The molecule has 1 aromatic heterocycles. The van der Waals surface area contributed by atoms with E-state index in [9.17, 15) is 24.6 Å². The predicted molar refractivity (Wildman–Crippen MR) is 126 cm³/mol. The summed E-state index contributed by atoms with van der Waals surface area (Å²) >= 11 is 0. The first-order chi connectivity index (χ1) is 16.3. The van der Waals surface area contributed by atoms with Crippen LogP contribution in [0, 0.1) is 12.8 Å². The highest BCUT2D eigenvalue weighted by molar-refractivity contribution is 6.21. The Bertz CT molecular complexity index is 1170. The molecule has 0 saturated carbocycles. The summed E-state index contributed by atoms with van der Waals surface area (Å²) < 4.78 is 0. The third-order valence-corrected chi connectivity index (χ3v) is 6.25. The zero-order valence-corrected chi connectivity index (χ0v) is 18.8. The third kappa shape index (κ3) is 4.89. The van der Waals surface area contributed by atoms with E-state index in [1.165, 1.54) is 0 Å². The van der Waals surface area contributed by atoms with Gasteiger partial charge >= 0.3 is 5.97 Å². The minimum absolute atomic E-state index is 0.0126. The lowest BCUT2D eigenvalue weighted by atomic mass is 9.93. The van der Waals surface area contributed by atoms with Crippen LogP contribution in [0.3, 0.4) is 0 Å². The fourth-order valence-corrected chi connectivity index (χ4v) is 4.21. The molecule has 2 aromatic carbocycles. The lowest BCUT2D eigenvalue weighted by Gasteiger charge is -2.22. The molecule has 3 aromatic rings. The number of fused-ring (bicyclic) bond motifs is 1. The molecular weight excluding hydrogens is 432 g/mol. The van der Waals surface area contributed by atoms with Gasteiger partial charge in [-0.1, -0.05) is 42.5 Å². The monoisotopic (exact) mass is 458 g/mol. The lowest BCUT2D eigenvalue weighted by Crippen LogP contribution is -2.36. The zero-order valence-electron chi connectivity index (χ0n) is 18.8. The highest BCUT2D eigenvalue weighted by atomic mass is 16.4. The van der Waals surface area contributed by atoms with E-state index in [0.29, 0.717) is 17.5 Å². The normalized spacial score (nSPS) is 14.7.